The molecule has 2 aromatic rings. The molecule has 0 aliphatic carbocycles. The number of rotatable bonds is 5. The van der Waals surface area contributed by atoms with Gasteiger partial charge in [-0.25, -0.2) is 13.8 Å². The van der Waals surface area contributed by atoms with E-state index < -0.39 is 15.9 Å². The Morgan fingerprint density at radius 1 is 1.16 bits per heavy atom. The van der Waals surface area contributed by atoms with E-state index in [1.165, 1.54) is 37.5 Å². The molecule has 0 spiro atoms. The molecular formula is C16H15Cl2N3O3S. The van der Waals surface area contributed by atoms with Crippen LogP contribution in [0.3, 0.4) is 0 Å². The maximum absolute atomic E-state index is 12.0. The molecule has 0 saturated heterocycles. The molecule has 0 atom stereocenters. The topological polar surface area (TPSA) is 78.8 Å². The number of amides is 1. The Bertz CT molecular complexity index is 913. The van der Waals surface area contributed by atoms with Gasteiger partial charge in [-0.2, -0.15) is 5.10 Å². The zero-order chi connectivity index (χ0) is 18.6. The largest absolute Gasteiger partial charge is 0.274 e. The number of sulfonamides is 1. The number of benzene rings is 2. The molecule has 0 aliphatic rings. The predicted molar refractivity (Wildman–Crippen MR) is 101 cm³/mol. The van der Waals surface area contributed by atoms with E-state index in [9.17, 15) is 13.2 Å². The van der Waals surface area contributed by atoms with Gasteiger partial charge in [-0.05, 0) is 36.4 Å². The smallest absolute Gasteiger partial charge is 0.271 e. The van der Waals surface area contributed by atoms with E-state index >= 15 is 0 Å². The van der Waals surface area contributed by atoms with Crippen LogP contribution in [-0.2, 0) is 10.0 Å². The van der Waals surface area contributed by atoms with Gasteiger partial charge in [-0.15, -0.1) is 0 Å². The molecule has 0 saturated carbocycles. The third-order valence-electron chi connectivity index (χ3n) is 3.32. The summed E-state index contributed by atoms with van der Waals surface area (Å²) in [6, 6.07) is 11.0. The minimum Gasteiger partial charge on any atom is -0.274 e. The molecule has 0 heterocycles. The third kappa shape index (κ3) is 5.19. The van der Waals surface area contributed by atoms with Crippen molar-refractivity contribution in [1.82, 2.24) is 5.43 Å². The normalized spacial score (nSPS) is 11.5. The minimum atomic E-state index is -3.35. The third-order valence-corrected chi connectivity index (χ3v) is 5.09. The summed E-state index contributed by atoms with van der Waals surface area (Å²) in [5.41, 5.74) is 3.78. The zero-order valence-corrected chi connectivity index (χ0v) is 15.7. The number of anilines is 1. The number of nitrogens with one attached hydrogen (secondary N) is 1. The molecular weight excluding hydrogens is 385 g/mol. The number of nitrogens with zero attached hydrogens (tertiary/aromatic N) is 2. The molecule has 1 N–H and O–H groups in total. The molecule has 2 aromatic carbocycles. The number of carbonyl (C=O) groups is 1. The second-order valence-electron chi connectivity index (χ2n) is 5.14. The molecule has 1 amide bonds. The van der Waals surface area contributed by atoms with E-state index in [1.54, 1.807) is 18.2 Å². The van der Waals surface area contributed by atoms with E-state index in [0.29, 0.717) is 26.9 Å². The number of carbonyl (C=O) groups excluding carboxylic acids is 1. The highest BCUT2D eigenvalue weighted by Crippen LogP contribution is 2.19. The summed E-state index contributed by atoms with van der Waals surface area (Å²) in [5, 5.41) is 4.77. The van der Waals surface area contributed by atoms with Crippen molar-refractivity contribution in [1.29, 1.82) is 0 Å². The standard InChI is InChI=1S/C16H15Cl2N3O3S/c1-21(25(2,23)24)14-7-4-11(5-8-14)16(22)20-19-10-12-3-6-13(17)9-15(12)18/h3-10H,1-2H3,(H,20,22)/b19-10-. The fraction of sp³-hybridized carbons (Fsp3) is 0.125. The molecule has 0 fully saturated rings. The lowest BCUT2D eigenvalue weighted by Gasteiger charge is -2.16. The monoisotopic (exact) mass is 399 g/mol. The summed E-state index contributed by atoms with van der Waals surface area (Å²) in [6.45, 7) is 0. The van der Waals surface area contributed by atoms with Gasteiger partial charge in [-0.1, -0.05) is 29.3 Å². The van der Waals surface area contributed by atoms with Gasteiger partial charge in [0.1, 0.15) is 0 Å². The molecule has 132 valence electrons. The van der Waals surface area contributed by atoms with Gasteiger partial charge in [0.05, 0.1) is 23.2 Å². The van der Waals surface area contributed by atoms with Crippen molar-refractivity contribution in [3.8, 4) is 0 Å². The van der Waals surface area contributed by atoms with Gasteiger partial charge < -0.3 is 0 Å². The molecule has 2 rings (SSSR count). The zero-order valence-electron chi connectivity index (χ0n) is 13.4. The summed E-state index contributed by atoms with van der Waals surface area (Å²) >= 11 is 11.8. The van der Waals surface area contributed by atoms with Crippen LogP contribution >= 0.6 is 23.2 Å². The van der Waals surface area contributed by atoms with Crippen LogP contribution in [0, 0.1) is 0 Å². The van der Waals surface area contributed by atoms with Crippen LogP contribution in [0.15, 0.2) is 47.6 Å². The Morgan fingerprint density at radius 2 is 1.80 bits per heavy atom. The summed E-state index contributed by atoms with van der Waals surface area (Å²) in [6.07, 6.45) is 2.51. The first-order chi connectivity index (χ1) is 11.7. The van der Waals surface area contributed by atoms with Crippen LogP contribution in [0.25, 0.3) is 0 Å². The second kappa shape index (κ2) is 7.86. The van der Waals surface area contributed by atoms with E-state index in [0.717, 1.165) is 10.6 Å². The summed E-state index contributed by atoms with van der Waals surface area (Å²) in [5.74, 6) is -0.435. The van der Waals surface area contributed by atoms with Crippen molar-refractivity contribution in [3.05, 3.63) is 63.6 Å². The van der Waals surface area contributed by atoms with Crippen molar-refractivity contribution >= 4 is 51.0 Å². The first-order valence-corrected chi connectivity index (χ1v) is 9.61. The quantitative estimate of drug-likeness (QED) is 0.619. The Balaban J connectivity index is 2.05. The Kier molecular flexibility index (Phi) is 6.05. The first kappa shape index (κ1) is 19.2. The summed E-state index contributed by atoms with van der Waals surface area (Å²) in [4.78, 5) is 12.0. The average Bonchev–Trinajstić information content (AvgIpc) is 2.55. The van der Waals surface area contributed by atoms with Gasteiger partial charge in [0, 0.05) is 23.2 Å². The molecule has 0 radical (unpaired) electrons. The molecule has 6 nitrogen and oxygen atoms in total. The van der Waals surface area contributed by atoms with Crippen LogP contribution in [0.2, 0.25) is 10.0 Å². The average molecular weight is 400 g/mol. The van der Waals surface area contributed by atoms with E-state index in [2.05, 4.69) is 10.5 Å². The van der Waals surface area contributed by atoms with Crippen LogP contribution in [-0.4, -0.2) is 33.8 Å². The lowest BCUT2D eigenvalue weighted by atomic mass is 10.2. The van der Waals surface area contributed by atoms with E-state index in [1.807, 2.05) is 0 Å². The predicted octanol–water partition coefficient (Wildman–Crippen LogP) is 3.15. The highest BCUT2D eigenvalue weighted by Gasteiger charge is 2.12. The van der Waals surface area contributed by atoms with Crippen LogP contribution < -0.4 is 9.73 Å². The molecule has 0 aliphatic heterocycles. The SMILES string of the molecule is CN(c1ccc(C(=O)N/N=C\c2ccc(Cl)cc2Cl)cc1)S(C)(=O)=O. The minimum absolute atomic E-state index is 0.338. The van der Waals surface area contributed by atoms with Gasteiger partial charge in [-0.3, -0.25) is 9.10 Å². The molecule has 0 unspecified atom stereocenters. The molecule has 9 heteroatoms. The van der Waals surface area contributed by atoms with Gasteiger partial charge in [0.25, 0.3) is 5.91 Å². The van der Waals surface area contributed by atoms with E-state index in [4.69, 9.17) is 23.2 Å². The van der Waals surface area contributed by atoms with E-state index in [-0.39, 0.29) is 0 Å². The number of halogens is 2. The number of hydrazone groups is 1. The van der Waals surface area contributed by atoms with Crippen LogP contribution in [0.1, 0.15) is 15.9 Å². The van der Waals surface area contributed by atoms with Crippen molar-refractivity contribution in [3.63, 3.8) is 0 Å². The summed E-state index contributed by atoms with van der Waals surface area (Å²) in [7, 11) is -1.92. The molecule has 0 aromatic heterocycles. The highest BCUT2D eigenvalue weighted by molar-refractivity contribution is 7.92. The Labute approximate surface area is 156 Å². The van der Waals surface area contributed by atoms with Crippen molar-refractivity contribution in [2.45, 2.75) is 0 Å². The van der Waals surface area contributed by atoms with Crippen LogP contribution in [0.4, 0.5) is 5.69 Å². The van der Waals surface area contributed by atoms with Gasteiger partial charge in [0.2, 0.25) is 10.0 Å². The first-order valence-electron chi connectivity index (χ1n) is 7.01. The lowest BCUT2D eigenvalue weighted by molar-refractivity contribution is 0.0955. The maximum atomic E-state index is 12.0. The van der Waals surface area contributed by atoms with Gasteiger partial charge in [0.15, 0.2) is 0 Å². The Hall–Kier alpha value is -2.09. The highest BCUT2D eigenvalue weighted by atomic mass is 35.5. The lowest BCUT2D eigenvalue weighted by Crippen LogP contribution is -2.25. The molecule has 25 heavy (non-hydrogen) atoms. The fourth-order valence-corrected chi connectivity index (χ4v) is 2.81. The number of hydrogen-bond donors (Lipinski definition) is 1. The number of hydrogen-bond acceptors (Lipinski definition) is 4. The van der Waals surface area contributed by atoms with Crippen molar-refractivity contribution in [2.24, 2.45) is 5.10 Å². The Morgan fingerprint density at radius 3 is 2.36 bits per heavy atom. The summed E-state index contributed by atoms with van der Waals surface area (Å²) < 4.78 is 24.1. The van der Waals surface area contributed by atoms with Crippen LogP contribution in [0.5, 0.6) is 0 Å². The second-order valence-corrected chi connectivity index (χ2v) is 8.00. The van der Waals surface area contributed by atoms with Crippen molar-refractivity contribution in [2.75, 3.05) is 17.6 Å². The molecule has 0 bridgehead atoms. The maximum Gasteiger partial charge on any atom is 0.271 e. The van der Waals surface area contributed by atoms with Gasteiger partial charge >= 0.3 is 0 Å². The van der Waals surface area contributed by atoms with Crippen molar-refractivity contribution < 1.29 is 13.2 Å². The fourth-order valence-electron chi connectivity index (χ4n) is 1.85.